The molecule has 2 fully saturated rings. The van der Waals surface area contributed by atoms with Crippen molar-refractivity contribution >= 4 is 17.6 Å². The zero-order valence-electron chi connectivity index (χ0n) is 13.4. The number of nitrogens with one attached hydrogen (secondary N) is 2. The summed E-state index contributed by atoms with van der Waals surface area (Å²) in [5.41, 5.74) is 0.385. The largest absolute Gasteiger partial charge is 0.336 e. The van der Waals surface area contributed by atoms with Crippen molar-refractivity contribution in [3.8, 4) is 0 Å². The normalized spacial score (nSPS) is 25.7. The molecule has 1 heterocycles. The number of hydrogen-bond donors (Lipinski definition) is 2. The maximum absolute atomic E-state index is 13.2. The highest BCUT2D eigenvalue weighted by atomic mass is 19.1. The number of urea groups is 1. The maximum Gasteiger partial charge on any atom is 0.317 e. The lowest BCUT2D eigenvalue weighted by Crippen LogP contribution is -2.42. The minimum atomic E-state index is -0.370. The minimum absolute atomic E-state index is 0.0620. The number of carbonyl (C=O) groups excluding carboxylic acids is 2. The summed E-state index contributed by atoms with van der Waals surface area (Å²) in [7, 11) is 0. The molecule has 2 aliphatic rings. The molecule has 1 saturated heterocycles. The summed E-state index contributed by atoms with van der Waals surface area (Å²) < 4.78 is 13.2. The Morgan fingerprint density at radius 2 is 2.17 bits per heavy atom. The monoisotopic (exact) mass is 319 g/mol. The summed E-state index contributed by atoms with van der Waals surface area (Å²) in [5.74, 6) is -0.546. The van der Waals surface area contributed by atoms with E-state index in [9.17, 15) is 14.0 Å². The van der Waals surface area contributed by atoms with Crippen LogP contribution in [0.15, 0.2) is 24.3 Å². The highest BCUT2D eigenvalue weighted by molar-refractivity contribution is 5.95. The molecule has 2 N–H and O–H groups in total. The van der Waals surface area contributed by atoms with Gasteiger partial charge in [-0.25, -0.2) is 9.18 Å². The van der Waals surface area contributed by atoms with E-state index in [-0.39, 0.29) is 35.1 Å². The van der Waals surface area contributed by atoms with Crippen LogP contribution in [0.3, 0.4) is 0 Å². The fraction of sp³-hybridized carbons (Fsp3) is 0.529. The summed E-state index contributed by atoms with van der Waals surface area (Å²) >= 11 is 0. The first-order valence-corrected chi connectivity index (χ1v) is 8.01. The third kappa shape index (κ3) is 3.30. The highest BCUT2D eigenvalue weighted by Crippen LogP contribution is 2.58. The number of rotatable bonds is 3. The first-order valence-electron chi connectivity index (χ1n) is 8.01. The highest BCUT2D eigenvalue weighted by Gasteiger charge is 2.61. The van der Waals surface area contributed by atoms with Crippen molar-refractivity contribution in [2.75, 3.05) is 18.4 Å². The topological polar surface area (TPSA) is 61.4 Å². The molecule has 1 aliphatic carbocycles. The number of anilines is 1. The van der Waals surface area contributed by atoms with Crippen molar-refractivity contribution in [3.63, 3.8) is 0 Å². The van der Waals surface area contributed by atoms with Gasteiger partial charge in [0.15, 0.2) is 0 Å². The number of likely N-dealkylation sites (tertiary alicyclic amines) is 1. The lowest BCUT2D eigenvalue weighted by Gasteiger charge is -2.19. The third-order valence-corrected chi connectivity index (χ3v) is 4.68. The Bertz CT molecular complexity index is 634. The Hall–Kier alpha value is -2.11. The van der Waals surface area contributed by atoms with Gasteiger partial charge in [-0.3, -0.25) is 4.79 Å². The van der Waals surface area contributed by atoms with Crippen LogP contribution in [-0.2, 0) is 4.79 Å². The van der Waals surface area contributed by atoms with E-state index in [1.807, 2.05) is 13.8 Å². The van der Waals surface area contributed by atoms with Gasteiger partial charge in [-0.1, -0.05) is 6.07 Å². The fourth-order valence-corrected chi connectivity index (χ4v) is 3.37. The third-order valence-electron chi connectivity index (χ3n) is 4.68. The predicted octanol–water partition coefficient (Wildman–Crippen LogP) is 2.59. The van der Waals surface area contributed by atoms with Crippen molar-refractivity contribution in [1.29, 1.82) is 0 Å². The van der Waals surface area contributed by atoms with Crippen LogP contribution < -0.4 is 10.6 Å². The van der Waals surface area contributed by atoms with Crippen LogP contribution in [-0.4, -0.2) is 36.0 Å². The van der Waals surface area contributed by atoms with Crippen LogP contribution in [0.5, 0.6) is 0 Å². The van der Waals surface area contributed by atoms with Crippen LogP contribution in [0, 0.1) is 17.2 Å². The Kier molecular flexibility index (Phi) is 4.00. The quantitative estimate of drug-likeness (QED) is 0.899. The van der Waals surface area contributed by atoms with Gasteiger partial charge in [0.2, 0.25) is 5.91 Å². The van der Waals surface area contributed by atoms with Gasteiger partial charge in [-0.05, 0) is 44.9 Å². The molecular weight excluding hydrogens is 297 g/mol. The Morgan fingerprint density at radius 1 is 1.39 bits per heavy atom. The van der Waals surface area contributed by atoms with Gasteiger partial charge in [-0.15, -0.1) is 0 Å². The fourth-order valence-electron chi connectivity index (χ4n) is 3.37. The van der Waals surface area contributed by atoms with Gasteiger partial charge in [0.05, 0.1) is 0 Å². The zero-order valence-corrected chi connectivity index (χ0v) is 13.4. The zero-order chi connectivity index (χ0) is 16.6. The Morgan fingerprint density at radius 3 is 2.87 bits per heavy atom. The molecule has 1 aromatic carbocycles. The van der Waals surface area contributed by atoms with E-state index in [1.165, 1.54) is 12.1 Å². The van der Waals surface area contributed by atoms with Crippen molar-refractivity contribution < 1.29 is 14.0 Å². The summed E-state index contributed by atoms with van der Waals surface area (Å²) in [6.45, 7) is 5.15. The number of benzene rings is 1. The molecule has 0 radical (unpaired) electrons. The molecule has 0 bridgehead atoms. The molecule has 2 atom stereocenters. The molecule has 0 aromatic heterocycles. The maximum atomic E-state index is 13.2. The van der Waals surface area contributed by atoms with Crippen LogP contribution >= 0.6 is 0 Å². The van der Waals surface area contributed by atoms with E-state index in [0.717, 1.165) is 12.8 Å². The summed E-state index contributed by atoms with van der Waals surface area (Å²) in [6, 6.07) is 5.94. The number of hydrogen-bond acceptors (Lipinski definition) is 2. The average Bonchev–Trinajstić information content (AvgIpc) is 2.98. The Balaban J connectivity index is 1.56. The number of halogens is 1. The molecule has 5 nitrogen and oxygen atoms in total. The van der Waals surface area contributed by atoms with E-state index >= 15 is 0 Å². The first kappa shape index (κ1) is 15.8. The van der Waals surface area contributed by atoms with Gasteiger partial charge in [0.1, 0.15) is 5.82 Å². The molecule has 23 heavy (non-hydrogen) atoms. The first-order chi connectivity index (χ1) is 10.9. The van der Waals surface area contributed by atoms with Crippen LogP contribution in [0.25, 0.3) is 0 Å². The molecule has 0 unspecified atom stereocenters. The second-order valence-corrected chi connectivity index (χ2v) is 6.89. The second kappa shape index (κ2) is 5.83. The Labute approximate surface area is 135 Å². The molecular formula is C17H22FN3O2. The van der Waals surface area contributed by atoms with Gasteiger partial charge >= 0.3 is 6.03 Å². The van der Waals surface area contributed by atoms with Crippen LogP contribution in [0.2, 0.25) is 0 Å². The van der Waals surface area contributed by atoms with E-state index in [1.54, 1.807) is 17.0 Å². The molecule has 1 spiro atoms. The van der Waals surface area contributed by atoms with E-state index in [2.05, 4.69) is 10.6 Å². The summed E-state index contributed by atoms with van der Waals surface area (Å²) in [5, 5.41) is 5.66. The summed E-state index contributed by atoms with van der Waals surface area (Å²) in [6.07, 6.45) is 1.64. The standard InChI is InChI=1S/C17H22FN3O2/c1-11(2)19-16(23)21-7-6-17(10-21)9-14(17)15(22)20-13-5-3-4-12(18)8-13/h3-5,8,11,14H,6-7,9-10H2,1-2H3,(H,19,23)(H,20,22)/t14-,17-/m1/s1. The number of carbonyl (C=O) groups is 2. The van der Waals surface area contributed by atoms with Crippen molar-refractivity contribution in [3.05, 3.63) is 30.1 Å². The molecule has 3 amide bonds. The molecule has 6 heteroatoms. The van der Waals surface area contributed by atoms with Gasteiger partial charge in [0.25, 0.3) is 0 Å². The molecule has 124 valence electrons. The smallest absolute Gasteiger partial charge is 0.317 e. The van der Waals surface area contributed by atoms with Crippen molar-refractivity contribution in [1.82, 2.24) is 10.2 Å². The van der Waals surface area contributed by atoms with Crippen molar-refractivity contribution in [2.24, 2.45) is 11.3 Å². The van der Waals surface area contributed by atoms with Crippen LogP contribution in [0.4, 0.5) is 14.9 Å². The van der Waals surface area contributed by atoms with E-state index in [0.29, 0.717) is 18.8 Å². The minimum Gasteiger partial charge on any atom is -0.336 e. The lowest BCUT2D eigenvalue weighted by molar-refractivity contribution is -0.118. The predicted molar refractivity (Wildman–Crippen MR) is 85.4 cm³/mol. The van der Waals surface area contributed by atoms with Gasteiger partial charge in [-0.2, -0.15) is 0 Å². The SMILES string of the molecule is CC(C)NC(=O)N1CC[C@@]2(C[C@@H]2C(=O)Nc2cccc(F)c2)C1. The summed E-state index contributed by atoms with van der Waals surface area (Å²) in [4.78, 5) is 26.2. The van der Waals surface area contributed by atoms with Crippen molar-refractivity contribution in [2.45, 2.75) is 32.7 Å². The molecule has 1 aromatic rings. The van der Waals surface area contributed by atoms with Gasteiger partial charge < -0.3 is 15.5 Å². The van der Waals surface area contributed by atoms with E-state index < -0.39 is 0 Å². The van der Waals surface area contributed by atoms with Crippen LogP contribution in [0.1, 0.15) is 26.7 Å². The average molecular weight is 319 g/mol. The number of amides is 3. The van der Waals surface area contributed by atoms with Gasteiger partial charge in [0, 0.05) is 36.2 Å². The second-order valence-electron chi connectivity index (χ2n) is 6.89. The number of nitrogens with zero attached hydrogens (tertiary/aromatic N) is 1. The van der Waals surface area contributed by atoms with E-state index in [4.69, 9.17) is 0 Å². The molecule has 1 saturated carbocycles. The molecule has 3 rings (SSSR count). The lowest BCUT2D eigenvalue weighted by atomic mass is 10.0. The molecule has 1 aliphatic heterocycles.